The molecule has 20 heavy (non-hydrogen) atoms. The van der Waals surface area contributed by atoms with E-state index in [-0.39, 0.29) is 5.91 Å². The summed E-state index contributed by atoms with van der Waals surface area (Å²) in [6, 6.07) is 2.59. The molecule has 2 rings (SSSR count). The molecule has 0 unspecified atom stereocenters. The Morgan fingerprint density at radius 2 is 2.25 bits per heavy atom. The van der Waals surface area contributed by atoms with Gasteiger partial charge in [-0.2, -0.15) is 0 Å². The van der Waals surface area contributed by atoms with Gasteiger partial charge in [-0.1, -0.05) is 11.6 Å². The molecule has 0 bridgehead atoms. The fourth-order valence-electron chi connectivity index (χ4n) is 2.30. The molecule has 1 amide bonds. The summed E-state index contributed by atoms with van der Waals surface area (Å²) >= 11 is 11.1. The van der Waals surface area contributed by atoms with Crippen LogP contribution in [0.15, 0.2) is 10.5 Å². The first-order valence-electron chi connectivity index (χ1n) is 6.68. The molecular weight excluding hydrogens is 362 g/mol. The highest BCUT2D eigenvalue weighted by molar-refractivity contribution is 9.10. The number of thiophene rings is 1. The quantitative estimate of drug-likeness (QED) is 0.825. The fraction of sp³-hybridized carbons (Fsp3) is 0.615. The Balaban J connectivity index is 1.70. The van der Waals surface area contributed by atoms with Crippen molar-refractivity contribution >= 4 is 44.8 Å². The second-order valence-electron chi connectivity index (χ2n) is 4.94. The molecule has 1 fully saturated rings. The predicted molar refractivity (Wildman–Crippen MR) is 87.4 cm³/mol. The fourth-order valence-corrected chi connectivity index (χ4v) is 4.04. The van der Waals surface area contributed by atoms with Crippen molar-refractivity contribution in [2.45, 2.75) is 25.4 Å². The van der Waals surface area contributed by atoms with E-state index in [2.05, 4.69) is 37.5 Å². The molecule has 0 aromatic carbocycles. The minimum atomic E-state index is 0.0921. The second-order valence-corrected chi connectivity index (χ2v) is 7.53. The number of carbonyl (C=O) groups is 1. The van der Waals surface area contributed by atoms with Crippen molar-refractivity contribution in [1.82, 2.24) is 15.5 Å². The van der Waals surface area contributed by atoms with Crippen molar-refractivity contribution < 1.29 is 4.79 Å². The van der Waals surface area contributed by atoms with Crippen molar-refractivity contribution in [2.75, 3.05) is 26.7 Å². The van der Waals surface area contributed by atoms with Crippen molar-refractivity contribution in [3.8, 4) is 0 Å². The number of likely N-dealkylation sites (tertiary alicyclic amines) is 1. The number of rotatable bonds is 5. The summed E-state index contributed by atoms with van der Waals surface area (Å²) in [5.74, 6) is 0.0921. The molecule has 2 heterocycles. The van der Waals surface area contributed by atoms with E-state index in [1.54, 1.807) is 18.4 Å². The van der Waals surface area contributed by atoms with E-state index in [0.717, 1.165) is 41.3 Å². The molecule has 4 nitrogen and oxygen atoms in total. The maximum absolute atomic E-state index is 11.3. The van der Waals surface area contributed by atoms with Crippen LogP contribution in [0.1, 0.15) is 17.7 Å². The van der Waals surface area contributed by atoms with E-state index in [9.17, 15) is 4.79 Å². The number of hydrogen-bond acceptors (Lipinski definition) is 4. The third kappa shape index (κ3) is 4.70. The van der Waals surface area contributed by atoms with Crippen LogP contribution in [-0.4, -0.2) is 43.5 Å². The first-order chi connectivity index (χ1) is 9.58. The van der Waals surface area contributed by atoms with Gasteiger partial charge in [0.25, 0.3) is 0 Å². The van der Waals surface area contributed by atoms with Gasteiger partial charge in [0.15, 0.2) is 0 Å². The van der Waals surface area contributed by atoms with Gasteiger partial charge in [0.1, 0.15) is 4.34 Å². The monoisotopic (exact) mass is 379 g/mol. The van der Waals surface area contributed by atoms with Crippen LogP contribution in [0.4, 0.5) is 0 Å². The minimum absolute atomic E-state index is 0.0921. The topological polar surface area (TPSA) is 44.4 Å². The molecule has 1 aromatic rings. The third-order valence-electron chi connectivity index (χ3n) is 3.49. The third-order valence-corrected chi connectivity index (χ3v) is 5.97. The van der Waals surface area contributed by atoms with Crippen LogP contribution < -0.4 is 10.6 Å². The molecular formula is C13H19BrClN3OS. The van der Waals surface area contributed by atoms with Gasteiger partial charge in [-0.15, -0.1) is 11.3 Å². The number of carbonyl (C=O) groups excluding carboxylic acids is 1. The van der Waals surface area contributed by atoms with E-state index >= 15 is 0 Å². The summed E-state index contributed by atoms with van der Waals surface area (Å²) in [5, 5.41) is 6.24. The predicted octanol–water partition coefficient (Wildman–Crippen LogP) is 2.46. The van der Waals surface area contributed by atoms with Crippen LogP contribution in [0.25, 0.3) is 0 Å². The first kappa shape index (κ1) is 16.2. The molecule has 112 valence electrons. The van der Waals surface area contributed by atoms with Gasteiger partial charge in [-0.25, -0.2) is 0 Å². The van der Waals surface area contributed by atoms with Gasteiger partial charge in [-0.05, 0) is 34.8 Å². The van der Waals surface area contributed by atoms with Crippen LogP contribution in [0.2, 0.25) is 4.34 Å². The summed E-state index contributed by atoms with van der Waals surface area (Å²) in [4.78, 5) is 14.8. The number of hydrogen-bond donors (Lipinski definition) is 2. The Morgan fingerprint density at radius 3 is 2.80 bits per heavy atom. The van der Waals surface area contributed by atoms with Gasteiger partial charge >= 0.3 is 0 Å². The molecule has 1 aliphatic rings. The SMILES string of the molecule is CNC(=O)CN1CCC(NCc2cc(Br)c(Cl)s2)CC1. The zero-order chi connectivity index (χ0) is 14.5. The highest BCUT2D eigenvalue weighted by Crippen LogP contribution is 2.31. The van der Waals surface area contributed by atoms with Gasteiger partial charge in [-0.3, -0.25) is 9.69 Å². The van der Waals surface area contributed by atoms with Crippen molar-refractivity contribution in [3.05, 3.63) is 19.8 Å². The lowest BCUT2D eigenvalue weighted by Crippen LogP contribution is -2.45. The van der Waals surface area contributed by atoms with Gasteiger partial charge < -0.3 is 10.6 Å². The van der Waals surface area contributed by atoms with E-state index in [1.807, 2.05) is 0 Å². The number of piperidine rings is 1. The number of likely N-dealkylation sites (N-methyl/N-ethyl adjacent to an activating group) is 1. The Labute approximate surface area is 137 Å². The zero-order valence-electron chi connectivity index (χ0n) is 11.4. The summed E-state index contributed by atoms with van der Waals surface area (Å²) in [5.41, 5.74) is 0. The first-order valence-corrected chi connectivity index (χ1v) is 8.67. The molecule has 1 aliphatic heterocycles. The molecule has 0 spiro atoms. The van der Waals surface area contributed by atoms with Crippen LogP contribution in [-0.2, 0) is 11.3 Å². The van der Waals surface area contributed by atoms with Crippen LogP contribution >= 0.6 is 38.9 Å². The maximum Gasteiger partial charge on any atom is 0.233 e. The van der Waals surface area contributed by atoms with E-state index in [1.165, 1.54) is 4.88 Å². The molecule has 7 heteroatoms. The molecule has 2 N–H and O–H groups in total. The summed E-state index contributed by atoms with van der Waals surface area (Å²) < 4.78 is 1.78. The zero-order valence-corrected chi connectivity index (χ0v) is 14.6. The summed E-state index contributed by atoms with van der Waals surface area (Å²) in [6.07, 6.45) is 2.16. The smallest absolute Gasteiger partial charge is 0.233 e. The normalized spacial score (nSPS) is 17.4. The summed E-state index contributed by atoms with van der Waals surface area (Å²) in [6.45, 7) is 3.31. The molecule has 0 atom stereocenters. The molecule has 1 aromatic heterocycles. The molecule has 0 radical (unpaired) electrons. The Kier molecular flexibility index (Phi) is 6.29. The second kappa shape index (κ2) is 7.75. The van der Waals surface area contributed by atoms with Crippen molar-refractivity contribution in [3.63, 3.8) is 0 Å². The van der Waals surface area contributed by atoms with Crippen molar-refractivity contribution in [2.24, 2.45) is 0 Å². The highest BCUT2D eigenvalue weighted by Gasteiger charge is 2.20. The lowest BCUT2D eigenvalue weighted by molar-refractivity contribution is -0.122. The average molecular weight is 381 g/mol. The molecule has 1 saturated heterocycles. The average Bonchev–Trinajstić information content (AvgIpc) is 2.77. The number of halogens is 2. The lowest BCUT2D eigenvalue weighted by Gasteiger charge is -2.31. The standard InChI is InChI=1S/C13H19BrClN3OS/c1-16-12(19)8-18-4-2-9(3-5-18)17-7-10-6-11(14)13(15)20-10/h6,9,17H,2-5,7-8H2,1H3,(H,16,19). The van der Waals surface area contributed by atoms with E-state index in [4.69, 9.17) is 11.6 Å². The van der Waals surface area contributed by atoms with Crippen LogP contribution in [0.3, 0.4) is 0 Å². The summed E-state index contributed by atoms with van der Waals surface area (Å²) in [7, 11) is 1.68. The number of amides is 1. The van der Waals surface area contributed by atoms with Gasteiger partial charge in [0, 0.05) is 42.1 Å². The maximum atomic E-state index is 11.3. The number of nitrogens with one attached hydrogen (secondary N) is 2. The largest absolute Gasteiger partial charge is 0.358 e. The van der Waals surface area contributed by atoms with E-state index < -0.39 is 0 Å². The van der Waals surface area contributed by atoms with Gasteiger partial charge in [0.2, 0.25) is 5.91 Å². The Morgan fingerprint density at radius 1 is 1.55 bits per heavy atom. The molecule has 0 saturated carbocycles. The van der Waals surface area contributed by atoms with Gasteiger partial charge in [0.05, 0.1) is 6.54 Å². The Bertz CT molecular complexity index is 441. The highest BCUT2D eigenvalue weighted by atomic mass is 79.9. The minimum Gasteiger partial charge on any atom is -0.358 e. The van der Waals surface area contributed by atoms with Crippen LogP contribution in [0.5, 0.6) is 0 Å². The van der Waals surface area contributed by atoms with E-state index in [0.29, 0.717) is 12.6 Å². The Hall–Kier alpha value is -0.140. The van der Waals surface area contributed by atoms with Crippen LogP contribution in [0, 0.1) is 0 Å². The van der Waals surface area contributed by atoms with Crippen molar-refractivity contribution in [1.29, 1.82) is 0 Å². The molecule has 0 aliphatic carbocycles. The lowest BCUT2D eigenvalue weighted by atomic mass is 10.1. The number of nitrogens with zero attached hydrogens (tertiary/aromatic N) is 1.